The lowest BCUT2D eigenvalue weighted by Crippen LogP contribution is -2.17. The number of rotatable bonds is 4. The Morgan fingerprint density at radius 2 is 2.30 bits per heavy atom. The number of benzene rings is 1. The number of para-hydroxylation sites is 1. The lowest BCUT2D eigenvalue weighted by atomic mass is 10.3. The van der Waals surface area contributed by atoms with Crippen molar-refractivity contribution in [3.05, 3.63) is 23.0 Å². The molecule has 0 bridgehead atoms. The SMILES string of the molecule is CCCn1c(=NC(=O)C2CC2)sc2cccc(OC)c21. The number of amides is 1. The molecule has 4 nitrogen and oxygen atoms in total. The molecule has 0 aliphatic heterocycles. The van der Waals surface area contributed by atoms with Gasteiger partial charge in [0.25, 0.3) is 5.91 Å². The number of fused-ring (bicyclic) bond motifs is 1. The van der Waals surface area contributed by atoms with Gasteiger partial charge in [-0.3, -0.25) is 4.79 Å². The number of aromatic nitrogens is 1. The number of carbonyl (C=O) groups is 1. The highest BCUT2D eigenvalue weighted by molar-refractivity contribution is 7.16. The number of thiazole rings is 1. The quantitative estimate of drug-likeness (QED) is 0.869. The second-order valence-corrected chi connectivity index (χ2v) is 6.08. The molecule has 1 fully saturated rings. The van der Waals surface area contributed by atoms with Crippen LogP contribution in [-0.4, -0.2) is 17.6 Å². The van der Waals surface area contributed by atoms with Crippen LogP contribution in [0.3, 0.4) is 0 Å². The summed E-state index contributed by atoms with van der Waals surface area (Å²) in [5.74, 6) is 1.03. The Morgan fingerprint density at radius 3 is 2.95 bits per heavy atom. The van der Waals surface area contributed by atoms with Crippen LogP contribution in [0.15, 0.2) is 23.2 Å². The van der Waals surface area contributed by atoms with Gasteiger partial charge >= 0.3 is 0 Å². The summed E-state index contributed by atoms with van der Waals surface area (Å²) in [7, 11) is 1.68. The molecule has 0 radical (unpaired) electrons. The first kappa shape index (κ1) is 13.4. The number of aryl methyl sites for hydroxylation is 1. The monoisotopic (exact) mass is 290 g/mol. The van der Waals surface area contributed by atoms with Gasteiger partial charge in [0.15, 0.2) is 4.80 Å². The average Bonchev–Trinajstić information content (AvgIpc) is 3.24. The number of ether oxygens (including phenoxy) is 1. The van der Waals surface area contributed by atoms with Crippen LogP contribution in [0.25, 0.3) is 10.2 Å². The first-order valence-corrected chi connectivity index (χ1v) is 7.81. The van der Waals surface area contributed by atoms with Crippen LogP contribution in [0.5, 0.6) is 5.75 Å². The fraction of sp³-hybridized carbons (Fsp3) is 0.467. The third-order valence-electron chi connectivity index (χ3n) is 3.46. The maximum atomic E-state index is 12.0. The molecule has 1 aromatic carbocycles. The van der Waals surface area contributed by atoms with Gasteiger partial charge in [0.1, 0.15) is 11.3 Å². The van der Waals surface area contributed by atoms with Crippen molar-refractivity contribution >= 4 is 27.5 Å². The van der Waals surface area contributed by atoms with Crippen LogP contribution in [-0.2, 0) is 11.3 Å². The van der Waals surface area contributed by atoms with Crippen molar-refractivity contribution in [2.24, 2.45) is 10.9 Å². The third kappa shape index (κ3) is 2.38. The number of methoxy groups -OCH3 is 1. The van der Waals surface area contributed by atoms with Gasteiger partial charge in [0.2, 0.25) is 0 Å². The van der Waals surface area contributed by atoms with E-state index in [-0.39, 0.29) is 11.8 Å². The molecule has 3 rings (SSSR count). The van der Waals surface area contributed by atoms with Crippen molar-refractivity contribution < 1.29 is 9.53 Å². The van der Waals surface area contributed by atoms with Gasteiger partial charge < -0.3 is 9.30 Å². The summed E-state index contributed by atoms with van der Waals surface area (Å²) in [6.45, 7) is 2.97. The van der Waals surface area contributed by atoms with E-state index in [0.29, 0.717) is 0 Å². The fourth-order valence-electron chi connectivity index (χ4n) is 2.29. The normalized spacial score (nSPS) is 15.8. The van der Waals surface area contributed by atoms with Crippen molar-refractivity contribution in [2.75, 3.05) is 7.11 Å². The maximum absolute atomic E-state index is 12.0. The molecular formula is C15H18N2O2S. The van der Waals surface area contributed by atoms with Gasteiger partial charge in [0.05, 0.1) is 11.8 Å². The summed E-state index contributed by atoms with van der Waals surface area (Å²) in [6.07, 6.45) is 2.98. The van der Waals surface area contributed by atoms with E-state index in [1.165, 1.54) is 0 Å². The van der Waals surface area contributed by atoms with Crippen molar-refractivity contribution in [2.45, 2.75) is 32.7 Å². The van der Waals surface area contributed by atoms with Crippen molar-refractivity contribution in [3.63, 3.8) is 0 Å². The molecule has 0 N–H and O–H groups in total. The predicted octanol–water partition coefficient (Wildman–Crippen LogP) is 2.96. The molecule has 5 heteroatoms. The van der Waals surface area contributed by atoms with Gasteiger partial charge in [-0.25, -0.2) is 0 Å². The summed E-state index contributed by atoms with van der Waals surface area (Å²) in [5.41, 5.74) is 1.05. The van der Waals surface area contributed by atoms with E-state index in [9.17, 15) is 4.79 Å². The third-order valence-corrected chi connectivity index (χ3v) is 4.51. The Hall–Kier alpha value is -1.62. The molecule has 20 heavy (non-hydrogen) atoms. The molecular weight excluding hydrogens is 272 g/mol. The Balaban J connectivity index is 2.20. The van der Waals surface area contributed by atoms with Crippen molar-refractivity contribution in [3.8, 4) is 5.75 Å². The summed E-state index contributed by atoms with van der Waals surface area (Å²) >= 11 is 1.56. The van der Waals surface area contributed by atoms with Crippen LogP contribution in [0.2, 0.25) is 0 Å². The highest BCUT2D eigenvalue weighted by Crippen LogP contribution is 2.31. The van der Waals surface area contributed by atoms with Gasteiger partial charge in [-0.2, -0.15) is 4.99 Å². The van der Waals surface area contributed by atoms with Crippen LogP contribution in [0, 0.1) is 5.92 Å². The summed E-state index contributed by atoms with van der Waals surface area (Å²) < 4.78 is 8.67. The number of nitrogens with zero attached hydrogens (tertiary/aromatic N) is 2. The zero-order valence-corrected chi connectivity index (χ0v) is 12.6. The molecule has 1 amide bonds. The van der Waals surface area contributed by atoms with E-state index in [1.807, 2.05) is 12.1 Å². The van der Waals surface area contributed by atoms with E-state index >= 15 is 0 Å². The topological polar surface area (TPSA) is 43.6 Å². The molecule has 1 aliphatic rings. The van der Waals surface area contributed by atoms with Crippen LogP contribution >= 0.6 is 11.3 Å². The molecule has 0 saturated heterocycles. The molecule has 0 unspecified atom stereocenters. The van der Waals surface area contributed by atoms with Gasteiger partial charge in [-0.05, 0) is 31.4 Å². The molecule has 1 saturated carbocycles. The Labute approximate surface area is 121 Å². The Bertz CT molecular complexity index is 710. The first-order chi connectivity index (χ1) is 9.74. The second kappa shape index (κ2) is 5.40. The summed E-state index contributed by atoms with van der Waals surface area (Å²) in [6, 6.07) is 5.98. The van der Waals surface area contributed by atoms with Crippen molar-refractivity contribution in [1.29, 1.82) is 0 Å². The smallest absolute Gasteiger partial charge is 0.251 e. The first-order valence-electron chi connectivity index (χ1n) is 6.99. The summed E-state index contributed by atoms with van der Waals surface area (Å²) in [4.78, 5) is 17.1. The minimum Gasteiger partial charge on any atom is -0.495 e. The highest BCUT2D eigenvalue weighted by Gasteiger charge is 2.29. The molecule has 2 aromatic rings. The number of hydrogen-bond donors (Lipinski definition) is 0. The molecule has 1 heterocycles. The Morgan fingerprint density at radius 1 is 1.50 bits per heavy atom. The molecule has 0 atom stereocenters. The summed E-state index contributed by atoms with van der Waals surface area (Å²) in [5, 5.41) is 0. The maximum Gasteiger partial charge on any atom is 0.251 e. The largest absolute Gasteiger partial charge is 0.495 e. The lowest BCUT2D eigenvalue weighted by molar-refractivity contribution is -0.119. The predicted molar refractivity (Wildman–Crippen MR) is 80.0 cm³/mol. The highest BCUT2D eigenvalue weighted by atomic mass is 32.1. The van der Waals surface area contributed by atoms with E-state index in [0.717, 1.165) is 46.6 Å². The standard InChI is InChI=1S/C15H18N2O2S/c1-3-9-17-13-11(19-2)5-4-6-12(13)20-15(17)16-14(18)10-7-8-10/h4-6,10H,3,7-9H2,1-2H3. The minimum atomic E-state index is 0.0281. The molecule has 106 valence electrons. The number of carbonyl (C=O) groups excluding carboxylic acids is 1. The van der Waals surface area contributed by atoms with E-state index in [2.05, 4.69) is 22.5 Å². The molecule has 1 aliphatic carbocycles. The van der Waals surface area contributed by atoms with E-state index in [4.69, 9.17) is 4.74 Å². The number of hydrogen-bond acceptors (Lipinski definition) is 3. The van der Waals surface area contributed by atoms with Gasteiger partial charge in [-0.15, -0.1) is 0 Å². The Kier molecular flexibility index (Phi) is 3.61. The fourth-order valence-corrected chi connectivity index (χ4v) is 3.37. The van der Waals surface area contributed by atoms with Gasteiger partial charge in [0, 0.05) is 12.5 Å². The van der Waals surface area contributed by atoms with Crippen LogP contribution < -0.4 is 9.54 Å². The average molecular weight is 290 g/mol. The van der Waals surface area contributed by atoms with Crippen LogP contribution in [0.1, 0.15) is 26.2 Å². The van der Waals surface area contributed by atoms with Crippen molar-refractivity contribution in [1.82, 2.24) is 4.57 Å². The minimum absolute atomic E-state index is 0.0281. The lowest BCUT2D eigenvalue weighted by Gasteiger charge is -2.06. The van der Waals surface area contributed by atoms with Crippen LogP contribution in [0.4, 0.5) is 0 Å². The molecule has 0 spiro atoms. The van der Waals surface area contributed by atoms with E-state index in [1.54, 1.807) is 18.4 Å². The van der Waals surface area contributed by atoms with Gasteiger partial charge in [-0.1, -0.05) is 24.3 Å². The molecule has 1 aromatic heterocycles. The zero-order valence-electron chi connectivity index (χ0n) is 11.8. The van der Waals surface area contributed by atoms with E-state index < -0.39 is 0 Å². The second-order valence-electron chi connectivity index (χ2n) is 5.07. The zero-order chi connectivity index (χ0) is 14.1.